The molecular formula is C16H20FN3O. The zero-order valence-corrected chi connectivity index (χ0v) is 12.2. The van der Waals surface area contributed by atoms with E-state index < -0.39 is 5.54 Å². The molecule has 21 heavy (non-hydrogen) atoms. The van der Waals surface area contributed by atoms with Gasteiger partial charge in [-0.25, -0.2) is 4.39 Å². The van der Waals surface area contributed by atoms with E-state index in [0.717, 1.165) is 19.3 Å². The molecule has 2 N–H and O–H groups in total. The minimum atomic E-state index is -0.727. The number of amides is 1. The Bertz CT molecular complexity index is 559. The zero-order chi connectivity index (χ0) is 15.3. The highest BCUT2D eigenvalue weighted by molar-refractivity contribution is 5.81. The highest BCUT2D eigenvalue weighted by Gasteiger charge is 2.33. The molecule has 1 saturated carbocycles. The molecule has 1 aromatic carbocycles. The fourth-order valence-electron chi connectivity index (χ4n) is 2.62. The third-order valence-electron chi connectivity index (χ3n) is 3.92. The molecule has 1 amide bonds. The third kappa shape index (κ3) is 3.94. The lowest BCUT2D eigenvalue weighted by Gasteiger charge is -2.31. The van der Waals surface area contributed by atoms with Gasteiger partial charge in [-0.1, -0.05) is 25.3 Å². The fraction of sp³-hybridized carbons (Fsp3) is 0.500. The van der Waals surface area contributed by atoms with Crippen molar-refractivity contribution >= 4 is 11.6 Å². The molecule has 0 saturated heterocycles. The lowest BCUT2D eigenvalue weighted by Crippen LogP contribution is -2.50. The van der Waals surface area contributed by atoms with Crippen LogP contribution in [0, 0.1) is 24.1 Å². The number of carbonyl (C=O) groups excluding carboxylic acids is 1. The Hall–Kier alpha value is -2.09. The molecule has 0 unspecified atom stereocenters. The van der Waals surface area contributed by atoms with E-state index in [-0.39, 0.29) is 18.3 Å². The molecule has 1 aliphatic rings. The molecule has 0 aromatic heterocycles. The summed E-state index contributed by atoms with van der Waals surface area (Å²) in [6.45, 7) is 1.72. The van der Waals surface area contributed by atoms with Crippen molar-refractivity contribution in [3.63, 3.8) is 0 Å². The van der Waals surface area contributed by atoms with E-state index in [1.807, 2.05) is 0 Å². The quantitative estimate of drug-likeness (QED) is 0.895. The maximum absolute atomic E-state index is 13.4. The molecule has 1 aromatic rings. The third-order valence-corrected chi connectivity index (χ3v) is 3.92. The van der Waals surface area contributed by atoms with Crippen molar-refractivity contribution in [3.05, 3.63) is 29.6 Å². The summed E-state index contributed by atoms with van der Waals surface area (Å²) in [5.74, 6) is -0.541. The Morgan fingerprint density at radius 2 is 2.10 bits per heavy atom. The maximum atomic E-state index is 13.4. The summed E-state index contributed by atoms with van der Waals surface area (Å²) >= 11 is 0. The number of anilines is 1. The summed E-state index contributed by atoms with van der Waals surface area (Å²) < 4.78 is 13.4. The molecule has 0 radical (unpaired) electrons. The number of nitrogens with zero attached hydrogens (tertiary/aromatic N) is 1. The van der Waals surface area contributed by atoms with Crippen LogP contribution in [0.1, 0.15) is 37.7 Å². The molecule has 112 valence electrons. The number of carbonyl (C=O) groups is 1. The van der Waals surface area contributed by atoms with Crippen LogP contribution < -0.4 is 10.6 Å². The average Bonchev–Trinajstić information content (AvgIpc) is 2.49. The fourth-order valence-corrected chi connectivity index (χ4v) is 2.62. The Kier molecular flexibility index (Phi) is 4.79. The van der Waals surface area contributed by atoms with Gasteiger partial charge in [-0.05, 0) is 37.5 Å². The molecule has 0 heterocycles. The van der Waals surface area contributed by atoms with E-state index in [2.05, 4.69) is 16.7 Å². The highest BCUT2D eigenvalue weighted by atomic mass is 19.1. The van der Waals surface area contributed by atoms with Gasteiger partial charge in [-0.3, -0.25) is 4.79 Å². The largest absolute Gasteiger partial charge is 0.376 e. The number of hydrogen-bond donors (Lipinski definition) is 2. The summed E-state index contributed by atoms with van der Waals surface area (Å²) in [5.41, 5.74) is 0.397. The van der Waals surface area contributed by atoms with Crippen molar-refractivity contribution in [2.45, 2.75) is 44.6 Å². The van der Waals surface area contributed by atoms with E-state index in [4.69, 9.17) is 0 Å². The van der Waals surface area contributed by atoms with Crippen LogP contribution in [-0.4, -0.2) is 18.0 Å². The lowest BCUT2D eigenvalue weighted by molar-refractivity contribution is -0.121. The standard InChI is InChI=1S/C16H20FN3O/c1-12-5-6-13(9-14(12)17)19-10-15(21)20-16(11-18)7-3-2-4-8-16/h5-6,9,19H,2-4,7-8,10H2,1H3,(H,20,21). The van der Waals surface area contributed by atoms with Crippen LogP contribution >= 0.6 is 0 Å². The monoisotopic (exact) mass is 289 g/mol. The molecule has 1 fully saturated rings. The topological polar surface area (TPSA) is 64.9 Å². The zero-order valence-electron chi connectivity index (χ0n) is 12.2. The van der Waals surface area contributed by atoms with Gasteiger partial charge >= 0.3 is 0 Å². The van der Waals surface area contributed by atoms with Gasteiger partial charge in [-0.2, -0.15) is 5.26 Å². The van der Waals surface area contributed by atoms with Gasteiger partial charge < -0.3 is 10.6 Å². The molecular weight excluding hydrogens is 269 g/mol. The first-order chi connectivity index (χ1) is 10.0. The van der Waals surface area contributed by atoms with E-state index in [1.165, 1.54) is 6.07 Å². The lowest BCUT2D eigenvalue weighted by atomic mass is 9.83. The Morgan fingerprint density at radius 1 is 1.38 bits per heavy atom. The van der Waals surface area contributed by atoms with E-state index in [9.17, 15) is 14.4 Å². The minimum absolute atomic E-state index is 0.0337. The van der Waals surface area contributed by atoms with Crippen LogP contribution in [0.2, 0.25) is 0 Å². The van der Waals surface area contributed by atoms with E-state index >= 15 is 0 Å². The molecule has 0 spiro atoms. The van der Waals surface area contributed by atoms with Gasteiger partial charge in [0.25, 0.3) is 0 Å². The van der Waals surface area contributed by atoms with Gasteiger partial charge in [-0.15, -0.1) is 0 Å². The predicted molar refractivity (Wildman–Crippen MR) is 79.2 cm³/mol. The van der Waals surface area contributed by atoms with Crippen molar-refractivity contribution in [2.75, 3.05) is 11.9 Å². The first-order valence-corrected chi connectivity index (χ1v) is 7.27. The summed E-state index contributed by atoms with van der Waals surface area (Å²) in [6, 6.07) is 7.00. The summed E-state index contributed by atoms with van der Waals surface area (Å²) in [5, 5.41) is 15.0. The minimum Gasteiger partial charge on any atom is -0.376 e. The number of rotatable bonds is 4. The van der Waals surface area contributed by atoms with Gasteiger partial charge in [0.2, 0.25) is 5.91 Å². The van der Waals surface area contributed by atoms with Gasteiger partial charge in [0, 0.05) is 5.69 Å². The van der Waals surface area contributed by atoms with Crippen molar-refractivity contribution < 1.29 is 9.18 Å². The second kappa shape index (κ2) is 6.57. The van der Waals surface area contributed by atoms with Crippen LogP contribution in [-0.2, 0) is 4.79 Å². The average molecular weight is 289 g/mol. The van der Waals surface area contributed by atoms with Crippen LogP contribution in [0.3, 0.4) is 0 Å². The molecule has 4 nitrogen and oxygen atoms in total. The highest BCUT2D eigenvalue weighted by Crippen LogP contribution is 2.27. The number of nitrogens with one attached hydrogen (secondary N) is 2. The number of benzene rings is 1. The van der Waals surface area contributed by atoms with Gasteiger partial charge in [0.15, 0.2) is 0 Å². The molecule has 0 bridgehead atoms. The van der Waals surface area contributed by atoms with Crippen molar-refractivity contribution in [3.8, 4) is 6.07 Å². The van der Waals surface area contributed by atoms with Crippen molar-refractivity contribution in [1.29, 1.82) is 5.26 Å². The molecule has 0 aliphatic heterocycles. The van der Waals surface area contributed by atoms with Crippen molar-refractivity contribution in [2.24, 2.45) is 0 Å². The van der Waals surface area contributed by atoms with Gasteiger partial charge in [0.05, 0.1) is 12.6 Å². The van der Waals surface area contributed by atoms with E-state index in [0.29, 0.717) is 24.1 Å². The number of halogens is 1. The van der Waals surface area contributed by atoms with Crippen LogP contribution in [0.15, 0.2) is 18.2 Å². The predicted octanol–water partition coefficient (Wildman–Crippen LogP) is 2.89. The Morgan fingerprint density at radius 3 is 2.71 bits per heavy atom. The van der Waals surface area contributed by atoms with Crippen molar-refractivity contribution in [1.82, 2.24) is 5.32 Å². The number of hydrogen-bond acceptors (Lipinski definition) is 3. The smallest absolute Gasteiger partial charge is 0.240 e. The number of aryl methyl sites for hydroxylation is 1. The molecule has 1 aliphatic carbocycles. The molecule has 2 rings (SSSR count). The second-order valence-corrected chi connectivity index (χ2v) is 5.62. The summed E-state index contributed by atoms with van der Waals surface area (Å²) in [6.07, 6.45) is 4.44. The molecule has 0 atom stereocenters. The van der Waals surface area contributed by atoms with Crippen LogP contribution in [0.4, 0.5) is 10.1 Å². The first kappa shape index (κ1) is 15.3. The summed E-state index contributed by atoms with van der Waals surface area (Å²) in [7, 11) is 0. The maximum Gasteiger partial charge on any atom is 0.240 e. The summed E-state index contributed by atoms with van der Waals surface area (Å²) in [4.78, 5) is 12.0. The molecule has 5 heteroatoms. The second-order valence-electron chi connectivity index (χ2n) is 5.62. The number of nitriles is 1. The van der Waals surface area contributed by atoms with Gasteiger partial charge in [0.1, 0.15) is 11.4 Å². The normalized spacial score (nSPS) is 16.8. The Labute approximate surface area is 124 Å². The van der Waals surface area contributed by atoms with E-state index in [1.54, 1.807) is 19.1 Å². The SMILES string of the molecule is Cc1ccc(NCC(=O)NC2(C#N)CCCCC2)cc1F. The van der Waals surface area contributed by atoms with Crippen LogP contribution in [0.5, 0.6) is 0 Å². The van der Waals surface area contributed by atoms with Crippen LogP contribution in [0.25, 0.3) is 0 Å². The first-order valence-electron chi connectivity index (χ1n) is 7.27. The Balaban J connectivity index is 1.89.